The normalized spacial score (nSPS) is 36.4. The molecule has 2 aliphatic carbocycles. The Kier molecular flexibility index (Phi) is 4.71. The monoisotopic (exact) mass is 309 g/mol. The number of ether oxygens (including phenoxy) is 1. The molecule has 0 aromatic rings. The van der Waals surface area contributed by atoms with E-state index in [2.05, 4.69) is 5.32 Å². The average Bonchev–Trinajstić information content (AvgIpc) is 2.73. The van der Waals surface area contributed by atoms with E-state index in [0.29, 0.717) is 19.4 Å². The van der Waals surface area contributed by atoms with Gasteiger partial charge in [-0.05, 0) is 38.5 Å². The molecule has 1 atom stereocenters. The second-order valence-corrected chi connectivity index (χ2v) is 7.36. The third-order valence-corrected chi connectivity index (χ3v) is 5.65. The second-order valence-electron chi connectivity index (χ2n) is 7.36. The van der Waals surface area contributed by atoms with Gasteiger partial charge in [0.15, 0.2) is 0 Å². The highest BCUT2D eigenvalue weighted by Gasteiger charge is 2.51. The van der Waals surface area contributed by atoms with E-state index in [1.165, 1.54) is 12.8 Å². The minimum Gasteiger partial charge on any atom is -0.481 e. The number of carboxylic acid groups (broad SMARTS) is 1. The van der Waals surface area contributed by atoms with Crippen molar-refractivity contribution < 1.29 is 19.4 Å². The standard InChI is InChI=1S/C17H27NO4/c19-15(12-5-3-1-2-4-6-12)18-14-7-8-22-17(11-14)9-13(10-17)16(20)21/h12-14H,1-11H2,(H,18,19)(H,20,21). The van der Waals surface area contributed by atoms with Gasteiger partial charge in [0.2, 0.25) is 5.91 Å². The van der Waals surface area contributed by atoms with Crippen molar-refractivity contribution in [3.63, 3.8) is 0 Å². The third kappa shape index (κ3) is 3.45. The fourth-order valence-electron chi connectivity index (χ4n) is 4.31. The zero-order valence-electron chi connectivity index (χ0n) is 13.2. The highest BCUT2D eigenvalue weighted by Crippen LogP contribution is 2.46. The lowest BCUT2D eigenvalue weighted by molar-refractivity contribution is -0.182. The first-order chi connectivity index (χ1) is 10.6. The third-order valence-electron chi connectivity index (χ3n) is 5.65. The van der Waals surface area contributed by atoms with Crippen molar-refractivity contribution in [2.75, 3.05) is 6.61 Å². The molecule has 3 aliphatic rings. The van der Waals surface area contributed by atoms with Crippen LogP contribution >= 0.6 is 0 Å². The maximum Gasteiger partial charge on any atom is 0.306 e. The fraction of sp³-hybridized carbons (Fsp3) is 0.882. The summed E-state index contributed by atoms with van der Waals surface area (Å²) in [6.45, 7) is 0.627. The van der Waals surface area contributed by atoms with Gasteiger partial charge in [0.25, 0.3) is 0 Å². The zero-order valence-corrected chi connectivity index (χ0v) is 13.2. The lowest BCUT2D eigenvalue weighted by atomic mass is 9.66. The second kappa shape index (κ2) is 6.57. The molecule has 3 rings (SSSR count). The molecule has 1 saturated heterocycles. The van der Waals surface area contributed by atoms with E-state index in [9.17, 15) is 9.59 Å². The van der Waals surface area contributed by atoms with Crippen LogP contribution in [0.1, 0.15) is 64.2 Å². The van der Waals surface area contributed by atoms with Crippen molar-refractivity contribution in [2.24, 2.45) is 11.8 Å². The molecule has 0 aromatic carbocycles. The predicted octanol–water partition coefficient (Wildman–Crippen LogP) is 2.49. The Labute approximate surface area is 131 Å². The molecule has 1 aliphatic heterocycles. The van der Waals surface area contributed by atoms with E-state index < -0.39 is 5.97 Å². The van der Waals surface area contributed by atoms with E-state index >= 15 is 0 Å². The topological polar surface area (TPSA) is 75.6 Å². The fourth-order valence-corrected chi connectivity index (χ4v) is 4.31. The summed E-state index contributed by atoms with van der Waals surface area (Å²) < 4.78 is 5.84. The van der Waals surface area contributed by atoms with Gasteiger partial charge in [0.1, 0.15) is 0 Å². The van der Waals surface area contributed by atoms with E-state index in [-0.39, 0.29) is 29.4 Å². The molecule has 5 heteroatoms. The van der Waals surface area contributed by atoms with Crippen molar-refractivity contribution in [2.45, 2.75) is 75.9 Å². The minimum absolute atomic E-state index is 0.152. The minimum atomic E-state index is -0.723. The first kappa shape index (κ1) is 15.8. The molecule has 0 aromatic heterocycles. The van der Waals surface area contributed by atoms with Gasteiger partial charge in [0.05, 0.1) is 11.5 Å². The number of carboxylic acids is 1. The number of carbonyl (C=O) groups is 2. The molecule has 3 fully saturated rings. The lowest BCUT2D eigenvalue weighted by Crippen LogP contribution is -2.56. The molecular weight excluding hydrogens is 282 g/mol. The molecule has 2 N–H and O–H groups in total. The van der Waals surface area contributed by atoms with Gasteiger partial charge in [-0.15, -0.1) is 0 Å². The smallest absolute Gasteiger partial charge is 0.306 e. The Morgan fingerprint density at radius 1 is 0.955 bits per heavy atom. The number of nitrogens with one attached hydrogen (secondary N) is 1. The maximum atomic E-state index is 12.5. The summed E-state index contributed by atoms with van der Waals surface area (Å²) in [4.78, 5) is 23.4. The highest BCUT2D eigenvalue weighted by molar-refractivity contribution is 5.79. The summed E-state index contributed by atoms with van der Waals surface area (Å²) >= 11 is 0. The molecule has 0 bridgehead atoms. The predicted molar refractivity (Wildman–Crippen MR) is 81.4 cm³/mol. The summed E-state index contributed by atoms with van der Waals surface area (Å²) in [5.74, 6) is -0.609. The summed E-state index contributed by atoms with van der Waals surface area (Å²) in [6, 6.07) is 0.152. The van der Waals surface area contributed by atoms with Gasteiger partial charge >= 0.3 is 5.97 Å². The van der Waals surface area contributed by atoms with E-state index in [1.54, 1.807) is 0 Å². The Morgan fingerprint density at radius 2 is 1.64 bits per heavy atom. The molecule has 2 saturated carbocycles. The molecule has 1 heterocycles. The SMILES string of the molecule is O=C(O)C1CC2(CC(NC(=O)C3CCCCCC3)CCO2)C1. The largest absolute Gasteiger partial charge is 0.481 e. The van der Waals surface area contributed by atoms with Crippen LogP contribution in [0.15, 0.2) is 0 Å². The highest BCUT2D eigenvalue weighted by atomic mass is 16.5. The van der Waals surface area contributed by atoms with Crippen molar-refractivity contribution >= 4 is 11.9 Å². The van der Waals surface area contributed by atoms with E-state index in [4.69, 9.17) is 9.84 Å². The lowest BCUT2D eigenvalue weighted by Gasteiger charge is -2.50. The van der Waals surface area contributed by atoms with Gasteiger partial charge < -0.3 is 15.2 Å². The van der Waals surface area contributed by atoms with Crippen LogP contribution in [0.3, 0.4) is 0 Å². The summed E-state index contributed by atoms with van der Waals surface area (Å²) in [5.41, 5.74) is -0.289. The maximum absolute atomic E-state index is 12.5. The van der Waals surface area contributed by atoms with Crippen LogP contribution in [-0.4, -0.2) is 35.2 Å². The van der Waals surface area contributed by atoms with E-state index in [0.717, 1.165) is 38.5 Å². The summed E-state index contributed by atoms with van der Waals surface area (Å²) in [5, 5.41) is 12.2. The van der Waals surface area contributed by atoms with Gasteiger partial charge in [0, 0.05) is 18.6 Å². The average molecular weight is 309 g/mol. The molecule has 1 unspecified atom stereocenters. The van der Waals surface area contributed by atoms with Gasteiger partial charge in [-0.3, -0.25) is 9.59 Å². The molecule has 124 valence electrons. The number of aliphatic carboxylic acids is 1. The molecule has 0 radical (unpaired) electrons. The summed E-state index contributed by atoms with van der Waals surface area (Å²) in [6.07, 6.45) is 9.67. The number of hydrogen-bond donors (Lipinski definition) is 2. The van der Waals surface area contributed by atoms with Crippen LogP contribution < -0.4 is 5.32 Å². The Hall–Kier alpha value is -1.10. The Morgan fingerprint density at radius 3 is 2.27 bits per heavy atom. The van der Waals surface area contributed by atoms with Crippen LogP contribution in [0.5, 0.6) is 0 Å². The van der Waals surface area contributed by atoms with Crippen molar-refractivity contribution in [3.8, 4) is 0 Å². The molecule has 1 amide bonds. The number of carbonyl (C=O) groups excluding carboxylic acids is 1. The number of hydrogen-bond acceptors (Lipinski definition) is 3. The van der Waals surface area contributed by atoms with Crippen LogP contribution in [-0.2, 0) is 14.3 Å². The number of amides is 1. The van der Waals surface area contributed by atoms with E-state index in [1.807, 2.05) is 0 Å². The van der Waals surface area contributed by atoms with Crippen molar-refractivity contribution in [1.29, 1.82) is 0 Å². The van der Waals surface area contributed by atoms with Crippen LogP contribution in [0, 0.1) is 11.8 Å². The van der Waals surface area contributed by atoms with Gasteiger partial charge in [-0.1, -0.05) is 25.7 Å². The Balaban J connectivity index is 1.50. The van der Waals surface area contributed by atoms with Gasteiger partial charge in [-0.2, -0.15) is 0 Å². The van der Waals surface area contributed by atoms with Crippen LogP contribution in [0.25, 0.3) is 0 Å². The Bertz CT molecular complexity index is 422. The zero-order chi connectivity index (χ0) is 15.6. The molecular formula is C17H27NO4. The number of rotatable bonds is 3. The molecule has 1 spiro atoms. The molecule has 22 heavy (non-hydrogen) atoms. The van der Waals surface area contributed by atoms with Crippen LogP contribution in [0.2, 0.25) is 0 Å². The first-order valence-electron chi connectivity index (χ1n) is 8.75. The quantitative estimate of drug-likeness (QED) is 0.785. The first-order valence-corrected chi connectivity index (χ1v) is 8.75. The summed E-state index contributed by atoms with van der Waals surface area (Å²) in [7, 11) is 0. The van der Waals surface area contributed by atoms with Gasteiger partial charge in [-0.25, -0.2) is 0 Å². The van der Waals surface area contributed by atoms with Crippen molar-refractivity contribution in [3.05, 3.63) is 0 Å². The van der Waals surface area contributed by atoms with Crippen LogP contribution in [0.4, 0.5) is 0 Å². The molecule has 5 nitrogen and oxygen atoms in total. The van der Waals surface area contributed by atoms with Crippen molar-refractivity contribution in [1.82, 2.24) is 5.32 Å².